The van der Waals surface area contributed by atoms with E-state index in [0.717, 1.165) is 91.9 Å². The van der Waals surface area contributed by atoms with Gasteiger partial charge in [-0.2, -0.15) is 9.97 Å². The van der Waals surface area contributed by atoms with Crippen molar-refractivity contribution in [3.8, 4) is 23.2 Å². The molecule has 1 aromatic heterocycles. The first kappa shape index (κ1) is 43.3. The van der Waals surface area contributed by atoms with Gasteiger partial charge in [0.1, 0.15) is 25.2 Å². The lowest BCUT2D eigenvalue weighted by Crippen LogP contribution is -2.57. The lowest BCUT2D eigenvalue weighted by Gasteiger charge is -2.42. The van der Waals surface area contributed by atoms with Gasteiger partial charge in [-0.15, -0.1) is 5.54 Å². The van der Waals surface area contributed by atoms with E-state index in [9.17, 15) is 14.7 Å². The average molecular weight is 851 g/mol. The molecule has 2 bridgehead atoms. The fraction of sp³-hybridized carbons (Fsp3) is 0.625. The summed E-state index contributed by atoms with van der Waals surface area (Å²) < 4.78 is 18.0. The predicted molar refractivity (Wildman–Crippen MR) is 241 cm³/mol. The van der Waals surface area contributed by atoms with Crippen LogP contribution >= 0.6 is 0 Å². The first-order valence-corrected chi connectivity index (χ1v) is 24.9. The third kappa shape index (κ3) is 8.69. The van der Waals surface area contributed by atoms with Gasteiger partial charge < -0.3 is 29.1 Å². The molecule has 5 heterocycles. The van der Waals surface area contributed by atoms with Crippen molar-refractivity contribution in [2.45, 2.75) is 135 Å². The summed E-state index contributed by atoms with van der Waals surface area (Å²) in [4.78, 5) is 47.0. The number of phenolic OH excluding ortho intramolecular Hbond substituents is 1. The van der Waals surface area contributed by atoms with Gasteiger partial charge in [0.2, 0.25) is 0 Å². The molecule has 3 aromatic rings. The Morgan fingerprint density at radius 3 is 2.26 bits per heavy atom. The summed E-state index contributed by atoms with van der Waals surface area (Å²) in [7, 11) is -2.08. The normalized spacial score (nSPS) is 21.3. The van der Waals surface area contributed by atoms with Crippen LogP contribution < -0.4 is 9.64 Å². The number of fused-ring (bicyclic) bond motifs is 4. The monoisotopic (exact) mass is 850 g/mol. The average Bonchev–Trinajstić information content (AvgIpc) is 3.72. The van der Waals surface area contributed by atoms with Crippen LogP contribution in [0.25, 0.3) is 10.8 Å². The van der Waals surface area contributed by atoms with Crippen LogP contribution in [-0.4, -0.2) is 120 Å². The molecule has 2 unspecified atom stereocenters. The summed E-state index contributed by atoms with van der Waals surface area (Å²) >= 11 is 0. The summed E-state index contributed by atoms with van der Waals surface area (Å²) in [6.07, 6.45) is 3.70. The molecule has 1 saturated carbocycles. The highest BCUT2D eigenvalue weighted by Gasteiger charge is 2.48. The second-order valence-corrected chi connectivity index (χ2v) is 25.9. The molecule has 2 atom stereocenters. The van der Waals surface area contributed by atoms with Gasteiger partial charge in [0.25, 0.3) is 5.91 Å². The van der Waals surface area contributed by atoms with Crippen molar-refractivity contribution in [3.63, 3.8) is 0 Å². The van der Waals surface area contributed by atoms with Crippen molar-refractivity contribution in [2.24, 2.45) is 5.41 Å². The van der Waals surface area contributed by atoms with E-state index < -0.39 is 13.7 Å². The summed E-state index contributed by atoms with van der Waals surface area (Å²) in [5.41, 5.74) is 7.61. The van der Waals surface area contributed by atoms with Crippen LogP contribution in [0.4, 0.5) is 10.6 Å². The summed E-state index contributed by atoms with van der Waals surface area (Å²) in [6.45, 7) is 26.2. The number of rotatable bonds is 10. The Bertz CT molecular complexity index is 2180. The molecule has 1 N–H and O–H groups in total. The molecule has 13 heteroatoms. The number of morpholine rings is 1. The number of amides is 2. The molecule has 328 valence electrons. The highest BCUT2D eigenvalue weighted by molar-refractivity contribution is 6.90. The number of hydrogen-bond donors (Lipinski definition) is 1. The fourth-order valence-corrected chi connectivity index (χ4v) is 16.0. The van der Waals surface area contributed by atoms with Crippen LogP contribution in [0, 0.1) is 16.9 Å². The molecule has 4 fully saturated rings. The second kappa shape index (κ2) is 16.7. The minimum atomic E-state index is -2.08. The van der Waals surface area contributed by atoms with E-state index in [4.69, 9.17) is 24.2 Å². The van der Waals surface area contributed by atoms with Crippen LogP contribution in [0.15, 0.2) is 30.3 Å². The number of aromatic nitrogens is 2. The first-order valence-electron chi connectivity index (χ1n) is 22.6. The van der Waals surface area contributed by atoms with Gasteiger partial charge in [0, 0.05) is 54.7 Å². The lowest BCUT2D eigenvalue weighted by atomic mass is 9.98. The lowest BCUT2D eigenvalue weighted by molar-refractivity contribution is 0.0122. The van der Waals surface area contributed by atoms with Crippen molar-refractivity contribution in [3.05, 3.63) is 52.7 Å². The van der Waals surface area contributed by atoms with Gasteiger partial charge >= 0.3 is 12.1 Å². The standard InChI is InChI=1S/C48H66N6O6Si/c1-31(2)61(32(3)4,33(5)6)22-15-34-11-10-12-35-23-38(55)24-39(42(34)35)44(56)53-27-40-41(28-53)49-45(59-30-48(16-17-48)29-51-18-20-58-21-19-51)50-43(40)52-25-36-13-14-37(26-52)54(36)46(57)60-47(7,8)9/h10-12,23-24,31-33,36-37,55H,13-14,16-21,25-30H2,1-9H3. The van der Waals surface area contributed by atoms with Crippen LogP contribution in [0.1, 0.15) is 115 Å². The predicted octanol–water partition coefficient (Wildman–Crippen LogP) is 8.14. The minimum absolute atomic E-state index is 0.0203. The van der Waals surface area contributed by atoms with Gasteiger partial charge in [0.15, 0.2) is 0 Å². The Labute approximate surface area is 363 Å². The van der Waals surface area contributed by atoms with Crippen molar-refractivity contribution in [1.29, 1.82) is 0 Å². The molecule has 2 aromatic carbocycles. The molecule has 0 spiro atoms. The number of ether oxygens (including phenoxy) is 3. The van der Waals surface area contributed by atoms with E-state index in [1.807, 2.05) is 48.8 Å². The summed E-state index contributed by atoms with van der Waals surface area (Å²) in [5.74, 6) is 4.22. The van der Waals surface area contributed by atoms with Crippen molar-refractivity contribution >= 4 is 36.7 Å². The number of phenols is 1. The van der Waals surface area contributed by atoms with Gasteiger partial charge in [0.05, 0.1) is 56.3 Å². The van der Waals surface area contributed by atoms with E-state index in [-0.39, 0.29) is 41.8 Å². The molecular weight excluding hydrogens is 785 g/mol. The Morgan fingerprint density at radius 2 is 1.64 bits per heavy atom. The molecule has 8 rings (SSSR count). The zero-order chi connectivity index (χ0) is 43.4. The Kier molecular flexibility index (Phi) is 11.9. The number of carbonyl (C=O) groups excluding carboxylic acids is 2. The first-order chi connectivity index (χ1) is 29.0. The van der Waals surface area contributed by atoms with E-state index >= 15 is 0 Å². The Morgan fingerprint density at radius 1 is 0.967 bits per heavy atom. The van der Waals surface area contributed by atoms with Crippen LogP contribution in [0.3, 0.4) is 0 Å². The van der Waals surface area contributed by atoms with E-state index in [1.54, 1.807) is 12.1 Å². The van der Waals surface area contributed by atoms with Gasteiger partial charge in [-0.05, 0) is 86.7 Å². The van der Waals surface area contributed by atoms with Crippen LogP contribution in [0.2, 0.25) is 16.6 Å². The third-order valence-corrected chi connectivity index (χ3v) is 20.3. The molecule has 5 aliphatic rings. The largest absolute Gasteiger partial charge is 0.508 e. The van der Waals surface area contributed by atoms with Gasteiger partial charge in [-0.3, -0.25) is 14.6 Å². The fourth-order valence-electron chi connectivity index (χ4n) is 10.8. The van der Waals surface area contributed by atoms with Crippen LogP contribution in [0.5, 0.6) is 11.8 Å². The van der Waals surface area contributed by atoms with E-state index in [2.05, 4.69) is 62.8 Å². The highest BCUT2D eigenvalue weighted by Crippen LogP contribution is 2.47. The maximum atomic E-state index is 14.9. The maximum absolute atomic E-state index is 14.9. The quantitative estimate of drug-likeness (QED) is 0.158. The molecule has 3 saturated heterocycles. The molecule has 4 aliphatic heterocycles. The number of nitrogens with zero attached hydrogens (tertiary/aromatic N) is 6. The molecule has 0 radical (unpaired) electrons. The van der Waals surface area contributed by atoms with Crippen molar-refractivity contribution < 1.29 is 28.9 Å². The molecule has 61 heavy (non-hydrogen) atoms. The highest BCUT2D eigenvalue weighted by atomic mass is 28.3. The van der Waals surface area contributed by atoms with E-state index in [0.29, 0.717) is 54.4 Å². The topological polar surface area (TPSA) is 121 Å². The Balaban J connectivity index is 1.12. The minimum Gasteiger partial charge on any atom is -0.508 e. The number of piperazine rings is 1. The number of benzene rings is 2. The summed E-state index contributed by atoms with van der Waals surface area (Å²) in [5, 5.41) is 12.5. The molecule has 2 amide bonds. The smallest absolute Gasteiger partial charge is 0.410 e. The van der Waals surface area contributed by atoms with Crippen molar-refractivity contribution in [1.82, 2.24) is 24.7 Å². The molecule has 1 aliphatic carbocycles. The molecule has 12 nitrogen and oxygen atoms in total. The number of aromatic hydroxyl groups is 1. The van der Waals surface area contributed by atoms with Crippen molar-refractivity contribution in [2.75, 3.05) is 57.4 Å². The second-order valence-electron chi connectivity index (χ2n) is 20.3. The number of carbonyl (C=O) groups is 2. The third-order valence-electron chi connectivity index (χ3n) is 14.0. The number of hydrogen-bond acceptors (Lipinski definition) is 10. The Hall–Kier alpha value is -4.38. The zero-order valence-corrected chi connectivity index (χ0v) is 38.8. The van der Waals surface area contributed by atoms with Crippen LogP contribution in [-0.2, 0) is 22.6 Å². The van der Waals surface area contributed by atoms with Gasteiger partial charge in [-0.25, -0.2) is 4.79 Å². The maximum Gasteiger partial charge on any atom is 0.410 e. The van der Waals surface area contributed by atoms with E-state index in [1.165, 1.54) is 0 Å². The summed E-state index contributed by atoms with van der Waals surface area (Å²) in [6, 6.07) is 9.51. The zero-order valence-electron chi connectivity index (χ0n) is 37.8. The number of anilines is 1. The SMILES string of the molecule is CC(C)[Si](C#Cc1cccc2cc(O)cc(C(=O)N3Cc4nc(OCC5(CN6CCOCC6)CC5)nc(N5CC6CCC(C5)N6C(=O)OC(C)(C)C)c4C3)c12)(C(C)C)C(C)C. The van der Waals surface area contributed by atoms with Gasteiger partial charge in [-0.1, -0.05) is 59.6 Å². The molecular formula is C48H66N6O6Si.